The molecule has 17 heavy (non-hydrogen) atoms. The lowest BCUT2D eigenvalue weighted by Gasteiger charge is -2.32. The lowest BCUT2D eigenvalue weighted by atomic mass is 9.99. The molecule has 0 fully saturated rings. The van der Waals surface area contributed by atoms with Gasteiger partial charge in [0.2, 0.25) is 0 Å². The third kappa shape index (κ3) is 4.39. The highest BCUT2D eigenvalue weighted by Gasteiger charge is 2.23. The predicted octanol–water partition coefficient (Wildman–Crippen LogP) is 2.02. The molecule has 0 aliphatic heterocycles. The molecule has 0 aliphatic rings. The van der Waals surface area contributed by atoms with E-state index >= 15 is 0 Å². The normalized spacial score (nSPS) is 15.5. The summed E-state index contributed by atoms with van der Waals surface area (Å²) in [6.45, 7) is 4.26. The van der Waals surface area contributed by atoms with Gasteiger partial charge >= 0.3 is 0 Å². The van der Waals surface area contributed by atoms with Crippen LogP contribution >= 0.6 is 11.3 Å². The number of nitrogens with zero attached hydrogens (tertiary/aromatic N) is 2. The van der Waals surface area contributed by atoms with Crippen LogP contribution in [0.15, 0.2) is 16.8 Å². The molecule has 1 aromatic heterocycles. The standard InChI is InChI=1S/C13H25N3S/c1-5-12(14)13(11-6-9-17-10-11)16(4)8-7-15(2)3/h6,9-10,12-13H,5,7-8,14H2,1-4H3. The average Bonchev–Trinajstić information content (AvgIpc) is 2.79. The fourth-order valence-corrected chi connectivity index (χ4v) is 2.68. The van der Waals surface area contributed by atoms with E-state index < -0.39 is 0 Å². The lowest BCUT2D eigenvalue weighted by molar-refractivity contribution is 0.191. The zero-order chi connectivity index (χ0) is 12.8. The van der Waals surface area contributed by atoms with Crippen molar-refractivity contribution in [1.29, 1.82) is 0 Å². The van der Waals surface area contributed by atoms with E-state index in [9.17, 15) is 0 Å². The molecule has 0 saturated carbocycles. The fraction of sp³-hybridized carbons (Fsp3) is 0.692. The van der Waals surface area contributed by atoms with Gasteiger partial charge in [-0.2, -0.15) is 11.3 Å². The van der Waals surface area contributed by atoms with E-state index in [0.29, 0.717) is 6.04 Å². The Morgan fingerprint density at radius 1 is 1.29 bits per heavy atom. The molecule has 0 saturated heterocycles. The van der Waals surface area contributed by atoms with E-state index in [0.717, 1.165) is 19.5 Å². The van der Waals surface area contributed by atoms with E-state index in [4.69, 9.17) is 5.73 Å². The minimum atomic E-state index is 0.205. The Kier molecular flexibility index (Phi) is 6.12. The number of hydrogen-bond acceptors (Lipinski definition) is 4. The van der Waals surface area contributed by atoms with Gasteiger partial charge in [0, 0.05) is 19.1 Å². The highest BCUT2D eigenvalue weighted by Crippen LogP contribution is 2.25. The van der Waals surface area contributed by atoms with E-state index in [1.54, 1.807) is 11.3 Å². The molecule has 0 bridgehead atoms. The Bertz CT molecular complexity index is 298. The van der Waals surface area contributed by atoms with Gasteiger partial charge in [-0.1, -0.05) is 6.92 Å². The molecule has 2 N–H and O–H groups in total. The molecule has 1 rings (SSSR count). The second-order valence-corrected chi connectivity index (χ2v) is 5.64. The van der Waals surface area contributed by atoms with Crippen LogP contribution in [0.25, 0.3) is 0 Å². The van der Waals surface area contributed by atoms with Gasteiger partial charge in [0.25, 0.3) is 0 Å². The van der Waals surface area contributed by atoms with Crippen LogP contribution in [-0.4, -0.2) is 50.1 Å². The molecular formula is C13H25N3S. The number of thiophene rings is 1. The van der Waals surface area contributed by atoms with Gasteiger partial charge in [-0.3, -0.25) is 4.90 Å². The molecule has 0 radical (unpaired) electrons. The smallest absolute Gasteiger partial charge is 0.0504 e. The van der Waals surface area contributed by atoms with Crippen molar-refractivity contribution < 1.29 is 0 Å². The van der Waals surface area contributed by atoms with Gasteiger partial charge in [0.1, 0.15) is 0 Å². The maximum atomic E-state index is 6.27. The summed E-state index contributed by atoms with van der Waals surface area (Å²) in [5, 5.41) is 4.34. The topological polar surface area (TPSA) is 32.5 Å². The van der Waals surface area contributed by atoms with Gasteiger partial charge in [0.15, 0.2) is 0 Å². The Morgan fingerprint density at radius 3 is 2.47 bits per heavy atom. The van der Waals surface area contributed by atoms with Crippen LogP contribution in [0.1, 0.15) is 24.9 Å². The third-order valence-corrected chi connectivity index (χ3v) is 3.84. The summed E-state index contributed by atoms with van der Waals surface area (Å²) in [7, 11) is 6.38. The third-order valence-electron chi connectivity index (χ3n) is 3.14. The van der Waals surface area contributed by atoms with Crippen molar-refractivity contribution in [2.45, 2.75) is 25.4 Å². The Labute approximate surface area is 109 Å². The monoisotopic (exact) mass is 255 g/mol. The molecule has 2 unspecified atom stereocenters. The first-order valence-electron chi connectivity index (χ1n) is 6.19. The molecule has 3 nitrogen and oxygen atoms in total. The van der Waals surface area contributed by atoms with Crippen molar-refractivity contribution in [1.82, 2.24) is 9.80 Å². The number of likely N-dealkylation sites (N-methyl/N-ethyl adjacent to an activating group) is 2. The van der Waals surface area contributed by atoms with Gasteiger partial charge in [-0.15, -0.1) is 0 Å². The van der Waals surface area contributed by atoms with Crippen molar-refractivity contribution >= 4 is 11.3 Å². The first kappa shape index (κ1) is 14.6. The van der Waals surface area contributed by atoms with Crippen LogP contribution in [0.2, 0.25) is 0 Å². The van der Waals surface area contributed by atoms with Gasteiger partial charge in [-0.25, -0.2) is 0 Å². The van der Waals surface area contributed by atoms with Crippen molar-refractivity contribution in [3.05, 3.63) is 22.4 Å². The highest BCUT2D eigenvalue weighted by molar-refractivity contribution is 7.07. The molecular weight excluding hydrogens is 230 g/mol. The van der Waals surface area contributed by atoms with Gasteiger partial charge < -0.3 is 10.6 Å². The Morgan fingerprint density at radius 2 is 2.00 bits per heavy atom. The summed E-state index contributed by atoms with van der Waals surface area (Å²) in [5.74, 6) is 0. The minimum absolute atomic E-state index is 0.205. The predicted molar refractivity (Wildman–Crippen MR) is 76.5 cm³/mol. The molecule has 1 aromatic rings. The summed E-state index contributed by atoms with van der Waals surface area (Å²) < 4.78 is 0. The molecule has 4 heteroatoms. The molecule has 0 spiro atoms. The first-order valence-corrected chi connectivity index (χ1v) is 7.13. The molecule has 0 aromatic carbocycles. The Balaban J connectivity index is 2.69. The molecule has 0 amide bonds. The van der Waals surface area contributed by atoms with Crippen molar-refractivity contribution in [2.24, 2.45) is 5.73 Å². The number of nitrogens with two attached hydrogens (primary N) is 1. The Hall–Kier alpha value is -0.420. The summed E-state index contributed by atoms with van der Waals surface area (Å²) in [4.78, 5) is 4.58. The quantitative estimate of drug-likeness (QED) is 0.809. The van der Waals surface area contributed by atoms with Crippen LogP contribution in [0.4, 0.5) is 0 Å². The zero-order valence-corrected chi connectivity index (χ0v) is 12.2. The molecule has 0 aliphatic carbocycles. The van der Waals surface area contributed by atoms with Crippen molar-refractivity contribution in [2.75, 3.05) is 34.2 Å². The van der Waals surface area contributed by atoms with Gasteiger partial charge in [-0.05, 0) is 50.0 Å². The number of rotatable bonds is 7. The summed E-state index contributed by atoms with van der Waals surface area (Å²) in [5.41, 5.74) is 7.62. The first-order chi connectivity index (χ1) is 8.06. The maximum absolute atomic E-state index is 6.27. The second kappa shape index (κ2) is 7.11. The minimum Gasteiger partial charge on any atom is -0.326 e. The van der Waals surface area contributed by atoms with Crippen LogP contribution in [0.5, 0.6) is 0 Å². The molecule has 2 atom stereocenters. The molecule has 98 valence electrons. The van der Waals surface area contributed by atoms with Crippen molar-refractivity contribution in [3.8, 4) is 0 Å². The SMILES string of the molecule is CCC(N)C(c1ccsc1)N(C)CCN(C)C. The van der Waals surface area contributed by atoms with Crippen LogP contribution < -0.4 is 5.73 Å². The van der Waals surface area contributed by atoms with Crippen LogP contribution in [0, 0.1) is 0 Å². The maximum Gasteiger partial charge on any atom is 0.0504 e. The summed E-state index contributed by atoms with van der Waals surface area (Å²) in [6.07, 6.45) is 1.01. The van der Waals surface area contributed by atoms with E-state index in [1.807, 2.05) is 0 Å². The average molecular weight is 255 g/mol. The summed E-state index contributed by atoms with van der Waals surface area (Å²) >= 11 is 1.74. The van der Waals surface area contributed by atoms with E-state index in [-0.39, 0.29) is 6.04 Å². The van der Waals surface area contributed by atoms with Gasteiger partial charge in [0.05, 0.1) is 6.04 Å². The highest BCUT2D eigenvalue weighted by atomic mass is 32.1. The zero-order valence-electron chi connectivity index (χ0n) is 11.4. The van der Waals surface area contributed by atoms with Crippen molar-refractivity contribution in [3.63, 3.8) is 0 Å². The van der Waals surface area contributed by atoms with E-state index in [1.165, 1.54) is 5.56 Å². The van der Waals surface area contributed by atoms with Crippen LogP contribution in [-0.2, 0) is 0 Å². The molecule has 1 heterocycles. The van der Waals surface area contributed by atoms with E-state index in [2.05, 4.69) is 54.7 Å². The lowest BCUT2D eigenvalue weighted by Crippen LogP contribution is -2.41. The summed E-state index contributed by atoms with van der Waals surface area (Å²) in [6, 6.07) is 2.74. The largest absolute Gasteiger partial charge is 0.326 e. The second-order valence-electron chi connectivity index (χ2n) is 4.86. The number of hydrogen-bond donors (Lipinski definition) is 1. The fourth-order valence-electron chi connectivity index (χ4n) is 1.99. The van der Waals surface area contributed by atoms with Crippen LogP contribution in [0.3, 0.4) is 0 Å².